The van der Waals surface area contributed by atoms with Crippen molar-refractivity contribution in [1.82, 2.24) is 4.90 Å². The largest absolute Gasteiger partial charge is 0.354 e. The van der Waals surface area contributed by atoms with Crippen LogP contribution in [0, 0.1) is 10.1 Å². The number of nitro benzene ring substituents is 1. The lowest BCUT2D eigenvalue weighted by Gasteiger charge is -2.18. The van der Waals surface area contributed by atoms with E-state index in [9.17, 15) is 14.9 Å². The van der Waals surface area contributed by atoms with Gasteiger partial charge in [0, 0.05) is 35.6 Å². The van der Waals surface area contributed by atoms with Crippen LogP contribution in [0.15, 0.2) is 72.8 Å². The fraction of sp³-hybridized carbons (Fsp3) is 0.222. The number of non-ortho nitro benzene ring substituents is 1. The Morgan fingerprint density at radius 3 is 2.35 bits per heavy atom. The number of nitrogens with one attached hydrogen (secondary N) is 2. The van der Waals surface area contributed by atoms with Crippen molar-refractivity contribution in [3.63, 3.8) is 0 Å². The van der Waals surface area contributed by atoms with Crippen molar-refractivity contribution in [2.75, 3.05) is 30.3 Å². The molecular formula is C27H28N4O3. The average molecular weight is 457 g/mol. The molecule has 0 atom stereocenters. The third-order valence-electron chi connectivity index (χ3n) is 6.11. The molecule has 7 heteroatoms. The van der Waals surface area contributed by atoms with Crippen LogP contribution in [-0.4, -0.2) is 35.4 Å². The Morgan fingerprint density at radius 2 is 1.71 bits per heavy atom. The van der Waals surface area contributed by atoms with Gasteiger partial charge in [0.15, 0.2) is 0 Å². The van der Waals surface area contributed by atoms with Gasteiger partial charge in [0.1, 0.15) is 0 Å². The highest BCUT2D eigenvalue weighted by Gasteiger charge is 2.30. The van der Waals surface area contributed by atoms with Crippen molar-refractivity contribution >= 4 is 34.2 Å². The quantitative estimate of drug-likeness (QED) is 0.255. The van der Waals surface area contributed by atoms with Crippen molar-refractivity contribution in [2.24, 2.45) is 0 Å². The van der Waals surface area contributed by atoms with Crippen LogP contribution in [0.4, 0.5) is 17.1 Å². The zero-order chi connectivity index (χ0) is 24.1. The molecule has 174 valence electrons. The first-order valence-electron chi connectivity index (χ1n) is 11.5. The van der Waals surface area contributed by atoms with Crippen LogP contribution in [0.25, 0.3) is 11.3 Å². The van der Waals surface area contributed by atoms with Gasteiger partial charge in [0.05, 0.1) is 16.2 Å². The van der Waals surface area contributed by atoms with Crippen molar-refractivity contribution < 1.29 is 9.72 Å². The summed E-state index contributed by atoms with van der Waals surface area (Å²) in [7, 11) is 0. The van der Waals surface area contributed by atoms with E-state index in [1.807, 2.05) is 42.5 Å². The minimum atomic E-state index is -0.451. The second-order valence-corrected chi connectivity index (χ2v) is 8.16. The molecule has 1 amide bonds. The molecule has 3 aromatic rings. The second kappa shape index (κ2) is 10.3. The molecule has 0 aromatic heterocycles. The van der Waals surface area contributed by atoms with Gasteiger partial charge in [0.25, 0.3) is 11.6 Å². The van der Waals surface area contributed by atoms with Crippen LogP contribution < -0.4 is 10.6 Å². The number of anilines is 2. The first-order valence-corrected chi connectivity index (χ1v) is 11.5. The van der Waals surface area contributed by atoms with E-state index in [1.54, 1.807) is 6.07 Å². The Balaban J connectivity index is 1.70. The summed E-state index contributed by atoms with van der Waals surface area (Å²) < 4.78 is 0. The number of hydrogen-bond donors (Lipinski definition) is 2. The van der Waals surface area contributed by atoms with E-state index in [1.165, 1.54) is 17.7 Å². The van der Waals surface area contributed by atoms with Gasteiger partial charge in [0.2, 0.25) is 0 Å². The molecule has 0 unspecified atom stereocenters. The Labute approximate surface area is 199 Å². The molecule has 0 spiro atoms. The summed E-state index contributed by atoms with van der Waals surface area (Å²) >= 11 is 0. The lowest BCUT2D eigenvalue weighted by molar-refractivity contribution is -0.384. The molecule has 1 heterocycles. The number of likely N-dealkylation sites (N-methyl/N-ethyl adjacent to an activating group) is 1. The second-order valence-electron chi connectivity index (χ2n) is 8.16. The number of nitro groups is 1. The van der Waals surface area contributed by atoms with Gasteiger partial charge < -0.3 is 15.5 Å². The molecule has 0 bridgehead atoms. The fourth-order valence-corrected chi connectivity index (χ4v) is 4.13. The van der Waals surface area contributed by atoms with Crippen LogP contribution in [0.1, 0.15) is 30.5 Å². The van der Waals surface area contributed by atoms with E-state index in [2.05, 4.69) is 41.5 Å². The zero-order valence-electron chi connectivity index (χ0n) is 19.4. The minimum Gasteiger partial charge on any atom is -0.354 e. The Hall–Kier alpha value is -3.97. The van der Waals surface area contributed by atoms with E-state index >= 15 is 0 Å². The van der Waals surface area contributed by atoms with Crippen molar-refractivity contribution in [2.45, 2.75) is 20.3 Å². The number of amides is 1. The molecule has 34 heavy (non-hydrogen) atoms. The van der Waals surface area contributed by atoms with Gasteiger partial charge in [-0.05, 0) is 48.8 Å². The van der Waals surface area contributed by atoms with Crippen molar-refractivity contribution in [3.05, 3.63) is 99.6 Å². The summed E-state index contributed by atoms with van der Waals surface area (Å²) in [5, 5.41) is 17.6. The summed E-state index contributed by atoms with van der Waals surface area (Å²) in [5.74, 6) is -0.294. The maximum absolute atomic E-state index is 13.0. The predicted octanol–water partition coefficient (Wildman–Crippen LogP) is 5.41. The smallest absolute Gasteiger partial charge is 0.270 e. The van der Waals surface area contributed by atoms with Crippen LogP contribution in [-0.2, 0) is 11.2 Å². The SMILES string of the molecule is CCN(CC)CCc1ccc(NC(=C2C(=O)Nc3ccc([N+](=O)[O-])cc32)c2ccccc2)cc1. The molecule has 1 aliphatic heterocycles. The molecule has 3 aromatic carbocycles. The average Bonchev–Trinajstić information content (AvgIpc) is 3.19. The van der Waals surface area contributed by atoms with E-state index < -0.39 is 4.92 Å². The van der Waals surface area contributed by atoms with Crippen molar-refractivity contribution in [1.29, 1.82) is 0 Å². The molecule has 0 fully saturated rings. The van der Waals surface area contributed by atoms with Gasteiger partial charge >= 0.3 is 0 Å². The molecule has 4 rings (SSSR count). The molecule has 0 saturated heterocycles. The van der Waals surface area contributed by atoms with Crippen LogP contribution in [0.2, 0.25) is 0 Å². The summed E-state index contributed by atoms with van der Waals surface area (Å²) in [6, 6.07) is 22.1. The van der Waals surface area contributed by atoms with Gasteiger partial charge in [-0.1, -0.05) is 56.3 Å². The first-order chi connectivity index (χ1) is 16.5. The van der Waals surface area contributed by atoms with E-state index in [0.29, 0.717) is 22.5 Å². The van der Waals surface area contributed by atoms with Crippen LogP contribution in [0.5, 0.6) is 0 Å². The number of nitrogens with zero attached hydrogens (tertiary/aromatic N) is 2. The lowest BCUT2D eigenvalue weighted by atomic mass is 9.99. The van der Waals surface area contributed by atoms with Gasteiger partial charge in [-0.2, -0.15) is 0 Å². The third kappa shape index (κ3) is 5.00. The van der Waals surface area contributed by atoms with Crippen LogP contribution in [0.3, 0.4) is 0 Å². The molecule has 2 N–H and O–H groups in total. The lowest BCUT2D eigenvalue weighted by Crippen LogP contribution is -2.25. The monoisotopic (exact) mass is 456 g/mol. The van der Waals surface area contributed by atoms with Crippen LogP contribution >= 0.6 is 0 Å². The number of benzene rings is 3. The predicted molar refractivity (Wildman–Crippen MR) is 137 cm³/mol. The van der Waals surface area contributed by atoms with E-state index in [0.717, 1.165) is 37.3 Å². The fourth-order valence-electron chi connectivity index (χ4n) is 4.13. The summed E-state index contributed by atoms with van der Waals surface area (Å²) in [6.07, 6.45) is 0.966. The summed E-state index contributed by atoms with van der Waals surface area (Å²) in [6.45, 7) is 7.41. The number of fused-ring (bicyclic) bond motifs is 1. The van der Waals surface area contributed by atoms with Gasteiger partial charge in [-0.15, -0.1) is 0 Å². The van der Waals surface area contributed by atoms with Crippen molar-refractivity contribution in [3.8, 4) is 0 Å². The summed E-state index contributed by atoms with van der Waals surface area (Å²) in [4.78, 5) is 26.3. The maximum atomic E-state index is 13.0. The molecule has 7 nitrogen and oxygen atoms in total. The Morgan fingerprint density at radius 1 is 1.00 bits per heavy atom. The Kier molecular flexibility index (Phi) is 7.04. The molecule has 1 aliphatic rings. The zero-order valence-corrected chi connectivity index (χ0v) is 19.4. The number of hydrogen-bond acceptors (Lipinski definition) is 5. The number of rotatable bonds is 9. The third-order valence-corrected chi connectivity index (χ3v) is 6.11. The maximum Gasteiger partial charge on any atom is 0.270 e. The molecule has 0 radical (unpaired) electrons. The van der Waals surface area contributed by atoms with Gasteiger partial charge in [-0.3, -0.25) is 14.9 Å². The molecular weight excluding hydrogens is 428 g/mol. The minimum absolute atomic E-state index is 0.0577. The molecule has 0 aliphatic carbocycles. The summed E-state index contributed by atoms with van der Waals surface area (Å²) in [5.41, 5.74) is 4.91. The standard InChI is InChI=1S/C27H28N4O3/c1-3-30(4-2)17-16-19-10-12-21(13-11-19)28-26(20-8-6-5-7-9-20)25-23-18-22(31(33)34)14-15-24(23)29-27(25)32/h5-15,18,28H,3-4,16-17H2,1-2H3,(H,29,32). The first kappa shape index (κ1) is 23.2. The van der Waals surface area contributed by atoms with Gasteiger partial charge in [-0.25, -0.2) is 0 Å². The van der Waals surface area contributed by atoms with E-state index in [4.69, 9.17) is 0 Å². The highest BCUT2D eigenvalue weighted by atomic mass is 16.6. The highest BCUT2D eigenvalue weighted by Crippen LogP contribution is 2.39. The number of carbonyl (C=O) groups excluding carboxylic acids is 1. The number of carbonyl (C=O) groups is 1. The normalized spacial score (nSPS) is 14.0. The molecule has 0 saturated carbocycles. The Bertz CT molecular complexity index is 1220. The topological polar surface area (TPSA) is 87.5 Å². The van der Waals surface area contributed by atoms with E-state index in [-0.39, 0.29) is 11.6 Å². The highest BCUT2D eigenvalue weighted by molar-refractivity contribution is 6.37.